The second-order valence-electron chi connectivity index (χ2n) is 9.79. The van der Waals surface area contributed by atoms with Gasteiger partial charge < -0.3 is 19.4 Å². The average Bonchev–Trinajstić information content (AvgIpc) is 3.79. The van der Waals surface area contributed by atoms with Crippen LogP contribution >= 0.6 is 0 Å². The first-order chi connectivity index (χ1) is 19.3. The summed E-state index contributed by atoms with van der Waals surface area (Å²) >= 11 is 0. The number of fused-ring (bicyclic) bond motifs is 3. The molecule has 4 aromatic heterocycles. The number of hydrogen-bond donors (Lipinski definition) is 3. The van der Waals surface area contributed by atoms with Crippen LogP contribution in [0.3, 0.4) is 0 Å². The molecule has 6 nitrogen and oxygen atoms in total. The molecule has 8 rings (SSSR count). The van der Waals surface area contributed by atoms with E-state index in [0.717, 1.165) is 33.1 Å². The van der Waals surface area contributed by atoms with Crippen molar-refractivity contribution >= 4 is 32.7 Å². The zero-order valence-corrected chi connectivity index (χ0v) is 20.8. The van der Waals surface area contributed by atoms with Crippen LogP contribution in [-0.4, -0.2) is 25.1 Å². The van der Waals surface area contributed by atoms with Crippen molar-refractivity contribution in [2.45, 2.75) is 5.92 Å². The number of nitrogens with zero attached hydrogens (tertiary/aromatic N) is 2. The van der Waals surface area contributed by atoms with Gasteiger partial charge in [-0.15, -0.1) is 10.2 Å². The lowest BCUT2D eigenvalue weighted by molar-refractivity contribution is 0.585. The summed E-state index contributed by atoms with van der Waals surface area (Å²) in [7, 11) is 0. The first-order valence-electron chi connectivity index (χ1n) is 13.0. The number of nitrogens with one attached hydrogen (secondary N) is 3. The molecule has 0 unspecified atom stereocenters. The molecule has 0 saturated carbocycles. The van der Waals surface area contributed by atoms with Crippen molar-refractivity contribution in [1.82, 2.24) is 25.1 Å². The minimum Gasteiger partial charge on any atom is -0.416 e. The van der Waals surface area contributed by atoms with Gasteiger partial charge in [0.2, 0.25) is 11.8 Å². The molecule has 39 heavy (non-hydrogen) atoms. The third-order valence-electron chi connectivity index (χ3n) is 7.60. The largest absolute Gasteiger partial charge is 0.416 e. The van der Waals surface area contributed by atoms with Crippen LogP contribution < -0.4 is 0 Å². The first-order valence-corrected chi connectivity index (χ1v) is 13.0. The predicted octanol–water partition coefficient (Wildman–Crippen LogP) is 8.03. The standard InChI is InChI=1S/C33H23N5O/c1-4-10-28-22(7-1)25(17-34-28)31(26-18-35-29-11-5-2-8-23(26)29)20-13-15-21(16-14-20)32-37-38-33(39-32)27-19-36-30-12-6-3-9-24(27)30/h1-19,31,34-36H. The van der Waals surface area contributed by atoms with E-state index in [0.29, 0.717) is 11.8 Å². The monoisotopic (exact) mass is 505 g/mol. The molecule has 0 saturated heterocycles. The molecule has 4 heterocycles. The van der Waals surface area contributed by atoms with Crippen LogP contribution in [0.5, 0.6) is 0 Å². The molecule has 0 aliphatic rings. The van der Waals surface area contributed by atoms with E-state index >= 15 is 0 Å². The Kier molecular flexibility index (Phi) is 4.79. The highest BCUT2D eigenvalue weighted by molar-refractivity contribution is 5.93. The van der Waals surface area contributed by atoms with Crippen LogP contribution in [0.4, 0.5) is 0 Å². The van der Waals surface area contributed by atoms with Crippen LogP contribution in [0.1, 0.15) is 22.6 Å². The lowest BCUT2D eigenvalue weighted by Gasteiger charge is -2.17. The molecule has 0 spiro atoms. The second kappa shape index (κ2) is 8.60. The zero-order chi connectivity index (χ0) is 25.8. The van der Waals surface area contributed by atoms with Crippen molar-refractivity contribution in [3.05, 3.63) is 132 Å². The molecule has 0 fully saturated rings. The van der Waals surface area contributed by atoms with Crippen molar-refractivity contribution < 1.29 is 4.42 Å². The van der Waals surface area contributed by atoms with Gasteiger partial charge in [-0.3, -0.25) is 0 Å². The maximum absolute atomic E-state index is 6.13. The molecule has 0 aliphatic heterocycles. The highest BCUT2D eigenvalue weighted by atomic mass is 16.4. The summed E-state index contributed by atoms with van der Waals surface area (Å²) in [6.45, 7) is 0. The fourth-order valence-electron chi connectivity index (χ4n) is 5.71. The maximum Gasteiger partial charge on any atom is 0.250 e. The smallest absolute Gasteiger partial charge is 0.250 e. The third-order valence-corrected chi connectivity index (χ3v) is 7.60. The number of H-pyrrole nitrogens is 3. The van der Waals surface area contributed by atoms with Crippen LogP contribution in [0.15, 0.2) is 120 Å². The summed E-state index contributed by atoms with van der Waals surface area (Å²) in [6, 6.07) is 33.5. The summed E-state index contributed by atoms with van der Waals surface area (Å²) < 4.78 is 6.13. The summed E-state index contributed by atoms with van der Waals surface area (Å²) in [4.78, 5) is 10.2. The van der Waals surface area contributed by atoms with Crippen molar-refractivity contribution in [2.24, 2.45) is 0 Å². The first kappa shape index (κ1) is 21.7. The van der Waals surface area contributed by atoms with E-state index in [2.05, 4.69) is 116 Å². The molecule has 0 atom stereocenters. The van der Waals surface area contributed by atoms with Gasteiger partial charge in [-0.2, -0.15) is 0 Å². The molecule has 4 aromatic carbocycles. The van der Waals surface area contributed by atoms with E-state index < -0.39 is 0 Å². The SMILES string of the molecule is c1ccc2c(-c3nnc(-c4ccc(C(c5c[nH]c6ccccc56)c5c[nH]c6ccccc56)cc4)o3)c[nH]c2c1. The van der Waals surface area contributed by atoms with E-state index in [4.69, 9.17) is 4.42 Å². The quantitative estimate of drug-likeness (QED) is 0.221. The topological polar surface area (TPSA) is 86.3 Å². The van der Waals surface area contributed by atoms with E-state index in [1.165, 1.54) is 27.5 Å². The summed E-state index contributed by atoms with van der Waals surface area (Å²) in [6.07, 6.45) is 6.19. The number of aromatic nitrogens is 5. The van der Waals surface area contributed by atoms with Crippen molar-refractivity contribution in [3.8, 4) is 22.9 Å². The minimum absolute atomic E-state index is 0.0378. The summed E-state index contributed by atoms with van der Waals surface area (Å²) in [5.41, 5.74) is 8.75. The number of aromatic amines is 3. The molecule has 0 bridgehead atoms. The Morgan fingerprint density at radius 2 is 1.03 bits per heavy atom. The summed E-state index contributed by atoms with van der Waals surface area (Å²) in [5.74, 6) is 1.04. The Hall–Kier alpha value is -5.36. The molecule has 3 N–H and O–H groups in total. The summed E-state index contributed by atoms with van der Waals surface area (Å²) in [5, 5.41) is 12.2. The van der Waals surface area contributed by atoms with Crippen molar-refractivity contribution in [2.75, 3.05) is 0 Å². The normalized spacial score (nSPS) is 11.8. The fourth-order valence-corrected chi connectivity index (χ4v) is 5.71. The van der Waals surface area contributed by atoms with Crippen molar-refractivity contribution in [3.63, 3.8) is 0 Å². The third kappa shape index (κ3) is 3.49. The molecule has 0 amide bonds. The maximum atomic E-state index is 6.13. The van der Waals surface area contributed by atoms with E-state index in [1.807, 2.05) is 24.4 Å². The van der Waals surface area contributed by atoms with Crippen LogP contribution in [0.25, 0.3) is 55.6 Å². The minimum atomic E-state index is 0.0378. The lowest BCUT2D eigenvalue weighted by atomic mass is 9.84. The van der Waals surface area contributed by atoms with E-state index in [9.17, 15) is 0 Å². The Labute approximate surface area is 223 Å². The van der Waals surface area contributed by atoms with Gasteiger partial charge in [0.15, 0.2) is 0 Å². The van der Waals surface area contributed by atoms with Gasteiger partial charge in [0.25, 0.3) is 0 Å². The van der Waals surface area contributed by atoms with Gasteiger partial charge in [-0.25, -0.2) is 0 Å². The van der Waals surface area contributed by atoms with Gasteiger partial charge in [0, 0.05) is 62.8 Å². The van der Waals surface area contributed by atoms with Crippen LogP contribution in [0.2, 0.25) is 0 Å². The van der Waals surface area contributed by atoms with E-state index in [-0.39, 0.29) is 5.92 Å². The molecule has 8 aromatic rings. The fraction of sp³-hybridized carbons (Fsp3) is 0.0303. The Morgan fingerprint density at radius 3 is 1.67 bits per heavy atom. The van der Waals surface area contributed by atoms with Gasteiger partial charge in [0.05, 0.1) is 5.56 Å². The Balaban J connectivity index is 1.21. The zero-order valence-electron chi connectivity index (χ0n) is 20.8. The Bertz CT molecular complexity index is 2020. The second-order valence-corrected chi connectivity index (χ2v) is 9.79. The van der Waals surface area contributed by atoms with Gasteiger partial charge in [0.1, 0.15) is 0 Å². The molecule has 6 heteroatoms. The molecule has 0 aliphatic carbocycles. The number of para-hydroxylation sites is 3. The molecule has 0 radical (unpaired) electrons. The molecular formula is C33H23N5O. The van der Waals surface area contributed by atoms with Crippen LogP contribution in [-0.2, 0) is 0 Å². The van der Waals surface area contributed by atoms with Crippen LogP contribution in [0, 0.1) is 0 Å². The Morgan fingerprint density at radius 1 is 0.513 bits per heavy atom. The number of hydrogen-bond acceptors (Lipinski definition) is 3. The van der Waals surface area contributed by atoms with Gasteiger partial charge in [-0.05, 0) is 47.0 Å². The highest BCUT2D eigenvalue weighted by Gasteiger charge is 2.23. The molecule has 186 valence electrons. The van der Waals surface area contributed by atoms with E-state index in [1.54, 1.807) is 0 Å². The van der Waals surface area contributed by atoms with Gasteiger partial charge in [-0.1, -0.05) is 66.7 Å². The highest BCUT2D eigenvalue weighted by Crippen LogP contribution is 2.40. The predicted molar refractivity (Wildman–Crippen MR) is 155 cm³/mol. The average molecular weight is 506 g/mol. The number of benzene rings is 4. The lowest BCUT2D eigenvalue weighted by Crippen LogP contribution is -2.02. The number of rotatable bonds is 5. The van der Waals surface area contributed by atoms with Gasteiger partial charge >= 0.3 is 0 Å². The molecular weight excluding hydrogens is 482 g/mol. The van der Waals surface area contributed by atoms with Crippen molar-refractivity contribution in [1.29, 1.82) is 0 Å².